The van der Waals surface area contributed by atoms with Gasteiger partial charge < -0.3 is 15.0 Å². The number of ether oxygens (including phenoxy) is 1. The van der Waals surface area contributed by atoms with Gasteiger partial charge in [-0.2, -0.15) is 4.31 Å². The maximum Gasteiger partial charge on any atom is 0.321 e. The number of rotatable bonds is 8. The molecule has 2 rings (SSSR count). The van der Waals surface area contributed by atoms with Crippen LogP contribution >= 0.6 is 0 Å². The quantitative estimate of drug-likeness (QED) is 0.518. The summed E-state index contributed by atoms with van der Waals surface area (Å²) in [6.45, 7) is 6.59. The minimum absolute atomic E-state index is 0.135. The zero-order valence-corrected chi connectivity index (χ0v) is 17.2. The summed E-state index contributed by atoms with van der Waals surface area (Å²) in [5.41, 5.74) is 0. The lowest BCUT2D eigenvalue weighted by Gasteiger charge is -2.31. The van der Waals surface area contributed by atoms with E-state index >= 15 is 0 Å². The van der Waals surface area contributed by atoms with Crippen LogP contribution < -0.4 is 20.3 Å². The highest BCUT2D eigenvalue weighted by molar-refractivity contribution is 7.89. The first-order valence-corrected chi connectivity index (χ1v) is 10.9. The van der Waals surface area contributed by atoms with Crippen molar-refractivity contribution in [3.05, 3.63) is 24.3 Å². The van der Waals surface area contributed by atoms with E-state index in [4.69, 9.17) is 4.74 Å². The standard InChI is InChI=1S/C18H28N4O5S/c1-3-9-19-18(24)20-17(23)14-21-10-12-22(13-11-21)28(25,26)16-7-5-15(6-8-16)27-4-2/h5-8H,3-4,9-14H2,1-2H3,(H2,19,20,23,24)/p+1. The normalized spacial score (nSPS) is 15.8. The molecule has 1 aliphatic heterocycles. The fraction of sp³-hybridized carbons (Fsp3) is 0.556. The van der Waals surface area contributed by atoms with Gasteiger partial charge >= 0.3 is 6.03 Å². The molecule has 1 saturated heterocycles. The van der Waals surface area contributed by atoms with Crippen LogP contribution in [0.5, 0.6) is 5.75 Å². The van der Waals surface area contributed by atoms with Crippen LogP contribution in [0.1, 0.15) is 20.3 Å². The summed E-state index contributed by atoms with van der Waals surface area (Å²) in [5, 5.41) is 4.87. The van der Waals surface area contributed by atoms with Crippen LogP contribution in [0.2, 0.25) is 0 Å². The molecule has 3 N–H and O–H groups in total. The maximum atomic E-state index is 12.8. The second-order valence-corrected chi connectivity index (χ2v) is 8.48. The lowest BCUT2D eigenvalue weighted by atomic mass is 10.3. The van der Waals surface area contributed by atoms with E-state index in [2.05, 4.69) is 10.6 Å². The zero-order valence-electron chi connectivity index (χ0n) is 16.4. The molecule has 0 aromatic heterocycles. The molecule has 0 unspecified atom stereocenters. The number of amides is 3. The monoisotopic (exact) mass is 413 g/mol. The average molecular weight is 414 g/mol. The van der Waals surface area contributed by atoms with Gasteiger partial charge in [0.25, 0.3) is 5.91 Å². The Balaban J connectivity index is 1.85. The van der Waals surface area contributed by atoms with Gasteiger partial charge in [0.1, 0.15) is 5.75 Å². The van der Waals surface area contributed by atoms with Crippen molar-refractivity contribution in [3.63, 3.8) is 0 Å². The van der Waals surface area contributed by atoms with Crippen molar-refractivity contribution in [2.24, 2.45) is 0 Å². The summed E-state index contributed by atoms with van der Waals surface area (Å²) in [6.07, 6.45) is 0.789. The van der Waals surface area contributed by atoms with Crippen molar-refractivity contribution in [1.29, 1.82) is 0 Å². The number of quaternary nitrogens is 1. The summed E-state index contributed by atoms with van der Waals surface area (Å²) in [7, 11) is -3.58. The molecular formula is C18H29N4O5S+. The Morgan fingerprint density at radius 1 is 1.14 bits per heavy atom. The first-order chi connectivity index (χ1) is 13.4. The number of carbonyl (C=O) groups is 2. The second kappa shape index (κ2) is 10.4. The lowest BCUT2D eigenvalue weighted by Crippen LogP contribution is -3.15. The summed E-state index contributed by atoms with van der Waals surface area (Å²) < 4.78 is 32.3. The highest BCUT2D eigenvalue weighted by Gasteiger charge is 2.31. The number of sulfonamides is 1. The van der Waals surface area contributed by atoms with Gasteiger partial charge in [0.2, 0.25) is 10.0 Å². The number of nitrogens with zero attached hydrogens (tertiary/aromatic N) is 1. The first-order valence-electron chi connectivity index (χ1n) is 9.51. The van der Waals surface area contributed by atoms with E-state index in [0.717, 1.165) is 11.3 Å². The number of imide groups is 1. The fourth-order valence-corrected chi connectivity index (χ4v) is 4.37. The van der Waals surface area contributed by atoms with E-state index in [1.165, 1.54) is 4.31 Å². The third kappa shape index (κ3) is 6.18. The summed E-state index contributed by atoms with van der Waals surface area (Å²) in [5.74, 6) is 0.260. The van der Waals surface area contributed by atoms with E-state index in [-0.39, 0.29) is 17.3 Å². The summed E-state index contributed by atoms with van der Waals surface area (Å²) in [4.78, 5) is 24.6. The fourth-order valence-electron chi connectivity index (χ4n) is 2.92. The highest BCUT2D eigenvalue weighted by atomic mass is 32.2. The van der Waals surface area contributed by atoms with E-state index < -0.39 is 16.1 Å². The number of nitrogens with one attached hydrogen (secondary N) is 3. The zero-order chi connectivity index (χ0) is 20.6. The van der Waals surface area contributed by atoms with E-state index in [1.54, 1.807) is 24.3 Å². The van der Waals surface area contributed by atoms with Gasteiger partial charge in [-0.1, -0.05) is 6.92 Å². The predicted octanol–water partition coefficient (Wildman–Crippen LogP) is -0.790. The molecule has 1 aliphatic rings. The Morgan fingerprint density at radius 2 is 1.79 bits per heavy atom. The van der Waals surface area contributed by atoms with Gasteiger partial charge in [0, 0.05) is 6.54 Å². The number of urea groups is 1. The van der Waals surface area contributed by atoms with Gasteiger partial charge in [-0.25, -0.2) is 13.2 Å². The molecule has 9 nitrogen and oxygen atoms in total. The van der Waals surface area contributed by atoms with Gasteiger partial charge in [-0.15, -0.1) is 0 Å². The van der Waals surface area contributed by atoms with Gasteiger partial charge in [0.05, 0.1) is 37.7 Å². The molecule has 1 aromatic carbocycles. The van der Waals surface area contributed by atoms with Crippen molar-refractivity contribution in [3.8, 4) is 5.75 Å². The Hall–Kier alpha value is -2.17. The Morgan fingerprint density at radius 3 is 2.36 bits per heavy atom. The molecular weight excluding hydrogens is 384 g/mol. The summed E-state index contributed by atoms with van der Waals surface area (Å²) >= 11 is 0. The number of piperazine rings is 1. The molecule has 0 saturated carbocycles. The molecule has 0 bridgehead atoms. The molecule has 1 fully saturated rings. The predicted molar refractivity (Wildman–Crippen MR) is 104 cm³/mol. The SMILES string of the molecule is CCCNC(=O)NC(=O)C[NH+]1CCN(S(=O)(=O)c2ccc(OCC)cc2)CC1. The van der Waals surface area contributed by atoms with Gasteiger partial charge in [-0.3, -0.25) is 10.1 Å². The van der Waals surface area contributed by atoms with Crippen LogP contribution in [0.15, 0.2) is 29.2 Å². The molecule has 0 aliphatic carbocycles. The lowest BCUT2D eigenvalue weighted by molar-refractivity contribution is -0.895. The average Bonchev–Trinajstić information content (AvgIpc) is 2.67. The highest BCUT2D eigenvalue weighted by Crippen LogP contribution is 2.19. The number of carbonyl (C=O) groups excluding carboxylic acids is 2. The van der Waals surface area contributed by atoms with E-state index in [1.807, 2.05) is 13.8 Å². The van der Waals surface area contributed by atoms with Gasteiger partial charge in [-0.05, 0) is 37.6 Å². The van der Waals surface area contributed by atoms with E-state index in [9.17, 15) is 18.0 Å². The molecule has 10 heteroatoms. The van der Waals surface area contributed by atoms with Crippen LogP contribution in [-0.2, 0) is 14.8 Å². The number of hydrogen-bond donors (Lipinski definition) is 3. The first kappa shape index (κ1) is 22.1. The van der Waals surface area contributed by atoms with Crippen molar-refractivity contribution in [1.82, 2.24) is 14.9 Å². The summed E-state index contributed by atoms with van der Waals surface area (Å²) in [6, 6.07) is 5.88. The van der Waals surface area contributed by atoms with Crippen LogP contribution in [0.4, 0.5) is 4.79 Å². The van der Waals surface area contributed by atoms with Crippen molar-refractivity contribution < 1.29 is 27.6 Å². The van der Waals surface area contributed by atoms with Crippen LogP contribution in [0, 0.1) is 0 Å². The number of hydrogen-bond acceptors (Lipinski definition) is 5. The smallest absolute Gasteiger partial charge is 0.321 e. The van der Waals surface area contributed by atoms with Gasteiger partial charge in [0.15, 0.2) is 6.54 Å². The molecule has 156 valence electrons. The second-order valence-electron chi connectivity index (χ2n) is 6.54. The number of benzene rings is 1. The maximum absolute atomic E-state index is 12.8. The van der Waals surface area contributed by atoms with Crippen LogP contribution in [0.3, 0.4) is 0 Å². The van der Waals surface area contributed by atoms with Crippen molar-refractivity contribution in [2.45, 2.75) is 25.2 Å². The topological polar surface area (TPSA) is 109 Å². The molecule has 0 spiro atoms. The minimum Gasteiger partial charge on any atom is -0.494 e. The molecule has 0 radical (unpaired) electrons. The largest absolute Gasteiger partial charge is 0.494 e. The Labute approximate surface area is 166 Å². The van der Waals surface area contributed by atoms with Crippen molar-refractivity contribution >= 4 is 22.0 Å². The third-order valence-corrected chi connectivity index (χ3v) is 6.31. The van der Waals surface area contributed by atoms with Crippen LogP contribution in [-0.4, -0.2) is 70.5 Å². The van der Waals surface area contributed by atoms with E-state index in [0.29, 0.717) is 45.1 Å². The van der Waals surface area contributed by atoms with Crippen LogP contribution in [0.25, 0.3) is 0 Å². The molecule has 0 atom stereocenters. The third-order valence-electron chi connectivity index (χ3n) is 4.40. The minimum atomic E-state index is -3.58. The Bertz CT molecular complexity index is 759. The Kier molecular flexibility index (Phi) is 8.21. The molecule has 3 amide bonds. The molecule has 28 heavy (non-hydrogen) atoms. The van der Waals surface area contributed by atoms with Crippen molar-refractivity contribution in [2.75, 3.05) is 45.9 Å². The molecule has 1 heterocycles. The molecule has 1 aromatic rings.